The van der Waals surface area contributed by atoms with Gasteiger partial charge in [0.2, 0.25) is 5.91 Å². The predicted octanol–water partition coefficient (Wildman–Crippen LogP) is 3.87. The number of hydrogen-bond donors (Lipinski definition) is 1. The highest BCUT2D eigenvalue weighted by Gasteiger charge is 2.25. The zero-order valence-corrected chi connectivity index (χ0v) is 14.8. The molecule has 0 aliphatic carbocycles. The largest absolute Gasteiger partial charge is 0.493 e. The van der Waals surface area contributed by atoms with E-state index < -0.39 is 0 Å². The van der Waals surface area contributed by atoms with Crippen LogP contribution in [-0.2, 0) is 4.79 Å². The number of aryl methyl sites for hydroxylation is 1. The molecule has 0 saturated carbocycles. The minimum atomic E-state index is 0.228. The lowest BCUT2D eigenvalue weighted by Crippen LogP contribution is -2.31. The second-order valence-corrected chi connectivity index (χ2v) is 6.55. The van der Waals surface area contributed by atoms with E-state index in [9.17, 15) is 4.79 Å². The monoisotopic (exact) mass is 338 g/mol. The quantitative estimate of drug-likeness (QED) is 0.779. The van der Waals surface area contributed by atoms with Crippen molar-refractivity contribution >= 4 is 11.6 Å². The first kappa shape index (κ1) is 17.3. The summed E-state index contributed by atoms with van der Waals surface area (Å²) in [6.07, 6.45) is 2.30. The van der Waals surface area contributed by atoms with Crippen molar-refractivity contribution in [3.05, 3.63) is 60.2 Å². The van der Waals surface area contributed by atoms with Crippen molar-refractivity contribution in [2.75, 3.05) is 25.0 Å². The van der Waals surface area contributed by atoms with Crippen LogP contribution in [0.5, 0.6) is 5.75 Å². The highest BCUT2D eigenvalue weighted by atomic mass is 16.5. The van der Waals surface area contributed by atoms with E-state index >= 15 is 0 Å². The van der Waals surface area contributed by atoms with Gasteiger partial charge < -0.3 is 15.0 Å². The van der Waals surface area contributed by atoms with Gasteiger partial charge in [-0.2, -0.15) is 0 Å². The molecule has 132 valence electrons. The average molecular weight is 338 g/mol. The van der Waals surface area contributed by atoms with Gasteiger partial charge in [0, 0.05) is 31.2 Å². The molecule has 1 aliphatic heterocycles. The molecule has 4 heteroatoms. The molecular formula is C21H26N2O2. The summed E-state index contributed by atoms with van der Waals surface area (Å²) < 4.78 is 5.77. The number of hydrogen-bond acceptors (Lipinski definition) is 3. The van der Waals surface area contributed by atoms with Gasteiger partial charge in [0.05, 0.1) is 6.61 Å². The fourth-order valence-electron chi connectivity index (χ4n) is 3.16. The average Bonchev–Trinajstić information content (AvgIpc) is 3.09. The number of ether oxygens (including phenoxy) is 1. The van der Waals surface area contributed by atoms with Gasteiger partial charge in [0.15, 0.2) is 0 Å². The summed E-state index contributed by atoms with van der Waals surface area (Å²) in [6, 6.07) is 18.5. The van der Waals surface area contributed by atoms with E-state index in [1.54, 1.807) is 0 Å². The number of carbonyl (C=O) groups is 1. The van der Waals surface area contributed by atoms with Gasteiger partial charge in [-0.15, -0.1) is 0 Å². The lowest BCUT2D eigenvalue weighted by atomic mass is 10.2. The fourth-order valence-corrected chi connectivity index (χ4v) is 3.16. The van der Waals surface area contributed by atoms with Crippen LogP contribution >= 0.6 is 0 Å². The third-order valence-corrected chi connectivity index (χ3v) is 4.57. The molecule has 0 bridgehead atoms. The Labute approximate surface area is 149 Å². The van der Waals surface area contributed by atoms with Gasteiger partial charge in [-0.1, -0.05) is 36.4 Å². The van der Waals surface area contributed by atoms with E-state index in [4.69, 9.17) is 4.74 Å². The summed E-state index contributed by atoms with van der Waals surface area (Å²) in [5.41, 5.74) is 2.25. The van der Waals surface area contributed by atoms with E-state index in [0.717, 1.165) is 42.9 Å². The Morgan fingerprint density at radius 2 is 1.92 bits per heavy atom. The van der Waals surface area contributed by atoms with Crippen molar-refractivity contribution in [3.8, 4) is 5.75 Å². The maximum absolute atomic E-state index is 12.4. The number of para-hydroxylation sites is 2. The van der Waals surface area contributed by atoms with E-state index in [1.807, 2.05) is 54.3 Å². The Kier molecular flexibility index (Phi) is 5.94. The van der Waals surface area contributed by atoms with Gasteiger partial charge >= 0.3 is 0 Å². The Morgan fingerprint density at radius 1 is 1.16 bits per heavy atom. The maximum Gasteiger partial charge on any atom is 0.222 e. The second kappa shape index (κ2) is 8.56. The van der Waals surface area contributed by atoms with Crippen LogP contribution in [0, 0.1) is 6.92 Å². The molecule has 0 aromatic heterocycles. The standard InChI is InChI=1S/C21H26N2O2/c1-17-8-5-6-11-20(17)25-15-7-12-21(24)23-14-13-19(16-23)22-18-9-3-2-4-10-18/h2-6,8-11,19,22H,7,12-16H2,1H3. The predicted molar refractivity (Wildman–Crippen MR) is 101 cm³/mol. The number of amides is 1. The van der Waals surface area contributed by atoms with Gasteiger partial charge in [0.1, 0.15) is 5.75 Å². The van der Waals surface area contributed by atoms with E-state index in [0.29, 0.717) is 19.1 Å². The first-order valence-electron chi connectivity index (χ1n) is 9.00. The summed E-state index contributed by atoms with van der Waals surface area (Å²) in [4.78, 5) is 14.3. The first-order valence-corrected chi connectivity index (χ1v) is 9.00. The Morgan fingerprint density at radius 3 is 2.72 bits per heavy atom. The smallest absolute Gasteiger partial charge is 0.222 e. The molecule has 2 aromatic carbocycles. The molecule has 1 heterocycles. The molecular weight excluding hydrogens is 312 g/mol. The van der Waals surface area contributed by atoms with Gasteiger partial charge in [-0.25, -0.2) is 0 Å². The minimum Gasteiger partial charge on any atom is -0.493 e. The molecule has 3 rings (SSSR count). The molecule has 0 radical (unpaired) electrons. The number of likely N-dealkylation sites (tertiary alicyclic amines) is 1. The van der Waals surface area contributed by atoms with Crippen LogP contribution in [0.25, 0.3) is 0 Å². The van der Waals surface area contributed by atoms with Crippen LogP contribution in [-0.4, -0.2) is 36.5 Å². The summed E-state index contributed by atoms with van der Waals surface area (Å²) in [5, 5.41) is 3.50. The third kappa shape index (κ3) is 4.99. The Bertz CT molecular complexity index is 687. The molecule has 25 heavy (non-hydrogen) atoms. The minimum absolute atomic E-state index is 0.228. The SMILES string of the molecule is Cc1ccccc1OCCCC(=O)N1CCC(Nc2ccccc2)C1. The summed E-state index contributed by atoms with van der Waals surface area (Å²) in [5.74, 6) is 1.13. The zero-order chi connectivity index (χ0) is 17.5. The number of rotatable bonds is 7. The zero-order valence-electron chi connectivity index (χ0n) is 14.8. The molecule has 1 amide bonds. The summed E-state index contributed by atoms with van der Waals surface area (Å²) >= 11 is 0. The number of nitrogens with zero attached hydrogens (tertiary/aromatic N) is 1. The number of benzene rings is 2. The van der Waals surface area contributed by atoms with Crippen LogP contribution in [0.4, 0.5) is 5.69 Å². The molecule has 1 fully saturated rings. The summed E-state index contributed by atoms with van der Waals surface area (Å²) in [7, 11) is 0. The normalized spacial score (nSPS) is 16.7. The Balaban J connectivity index is 1.37. The molecule has 1 aliphatic rings. The van der Waals surface area contributed by atoms with Crippen LogP contribution in [0.15, 0.2) is 54.6 Å². The molecule has 1 saturated heterocycles. The number of anilines is 1. The van der Waals surface area contributed by atoms with Crippen molar-refractivity contribution in [3.63, 3.8) is 0 Å². The summed E-state index contributed by atoms with van der Waals surface area (Å²) in [6.45, 7) is 4.23. The van der Waals surface area contributed by atoms with Gasteiger partial charge in [-0.05, 0) is 43.5 Å². The van der Waals surface area contributed by atoms with Crippen molar-refractivity contribution in [2.45, 2.75) is 32.2 Å². The highest BCUT2D eigenvalue weighted by molar-refractivity contribution is 5.76. The van der Waals surface area contributed by atoms with Crippen molar-refractivity contribution in [1.29, 1.82) is 0 Å². The van der Waals surface area contributed by atoms with Crippen LogP contribution < -0.4 is 10.1 Å². The van der Waals surface area contributed by atoms with Gasteiger partial charge in [-0.3, -0.25) is 4.79 Å². The van der Waals surface area contributed by atoms with E-state index in [2.05, 4.69) is 17.4 Å². The fraction of sp³-hybridized carbons (Fsp3) is 0.381. The van der Waals surface area contributed by atoms with Crippen molar-refractivity contribution in [1.82, 2.24) is 4.90 Å². The van der Waals surface area contributed by atoms with Crippen LogP contribution in [0.3, 0.4) is 0 Å². The van der Waals surface area contributed by atoms with Crippen molar-refractivity contribution < 1.29 is 9.53 Å². The van der Waals surface area contributed by atoms with E-state index in [-0.39, 0.29) is 5.91 Å². The van der Waals surface area contributed by atoms with Gasteiger partial charge in [0.25, 0.3) is 0 Å². The molecule has 2 aromatic rings. The molecule has 1 atom stereocenters. The Hall–Kier alpha value is -2.49. The van der Waals surface area contributed by atoms with Crippen LogP contribution in [0.2, 0.25) is 0 Å². The van der Waals surface area contributed by atoms with Crippen molar-refractivity contribution in [2.24, 2.45) is 0 Å². The lowest BCUT2D eigenvalue weighted by Gasteiger charge is -2.18. The molecule has 0 spiro atoms. The molecule has 4 nitrogen and oxygen atoms in total. The first-order chi connectivity index (χ1) is 12.2. The number of nitrogens with one attached hydrogen (secondary N) is 1. The third-order valence-electron chi connectivity index (χ3n) is 4.57. The second-order valence-electron chi connectivity index (χ2n) is 6.55. The van der Waals surface area contributed by atoms with E-state index in [1.165, 1.54) is 0 Å². The molecule has 1 unspecified atom stereocenters. The maximum atomic E-state index is 12.4. The highest BCUT2D eigenvalue weighted by Crippen LogP contribution is 2.18. The van der Waals surface area contributed by atoms with Crippen LogP contribution in [0.1, 0.15) is 24.8 Å². The topological polar surface area (TPSA) is 41.6 Å². The lowest BCUT2D eigenvalue weighted by molar-refractivity contribution is -0.130. The number of carbonyl (C=O) groups excluding carboxylic acids is 1. The molecule has 1 N–H and O–H groups in total.